The summed E-state index contributed by atoms with van der Waals surface area (Å²) in [7, 11) is 0. The van der Waals surface area contributed by atoms with Crippen LogP contribution in [0.1, 0.15) is 86.7 Å². The van der Waals surface area contributed by atoms with Crippen LogP contribution in [0.15, 0.2) is 60.2 Å². The molecule has 0 bridgehead atoms. The van der Waals surface area contributed by atoms with Crippen LogP contribution in [0.5, 0.6) is 0 Å². The summed E-state index contributed by atoms with van der Waals surface area (Å²) >= 11 is 3.46. The van der Waals surface area contributed by atoms with E-state index in [1.807, 2.05) is 18.6 Å². The van der Waals surface area contributed by atoms with Crippen molar-refractivity contribution in [3.8, 4) is 0 Å². The average Bonchev–Trinajstić information content (AvgIpc) is 3.44. The van der Waals surface area contributed by atoms with Crippen molar-refractivity contribution >= 4 is 43.1 Å². The molecule has 0 saturated heterocycles. The molecule has 3 heterocycles. The maximum Gasteiger partial charge on any atom is 0.0907 e. The van der Waals surface area contributed by atoms with Gasteiger partial charge in [-0.15, -0.1) is 22.7 Å². The number of thiazole rings is 2. The molecular weight excluding hydrogens is 466 g/mol. The molecule has 5 aromatic rings. The molecule has 35 heavy (non-hydrogen) atoms. The van der Waals surface area contributed by atoms with E-state index in [1.54, 1.807) is 22.7 Å². The molecule has 0 aliphatic rings. The molecule has 0 spiro atoms. The predicted molar refractivity (Wildman–Crippen MR) is 155 cm³/mol. The van der Waals surface area contributed by atoms with Gasteiger partial charge < -0.3 is 0 Å². The lowest BCUT2D eigenvalue weighted by molar-refractivity contribution is 0.859. The molecule has 0 aliphatic heterocycles. The van der Waals surface area contributed by atoms with Crippen molar-refractivity contribution in [3.63, 3.8) is 0 Å². The fourth-order valence-corrected chi connectivity index (χ4v) is 5.05. The van der Waals surface area contributed by atoms with E-state index >= 15 is 0 Å². The maximum absolute atomic E-state index is 4.47. The van der Waals surface area contributed by atoms with E-state index in [9.17, 15) is 0 Å². The number of rotatable bonds is 3. The maximum atomic E-state index is 4.47. The Labute approximate surface area is 218 Å². The van der Waals surface area contributed by atoms with Crippen LogP contribution in [-0.2, 0) is 0 Å². The molecule has 0 aliphatic carbocycles. The molecule has 3 aromatic heterocycles. The van der Waals surface area contributed by atoms with Crippen molar-refractivity contribution in [2.24, 2.45) is 0 Å². The fourth-order valence-electron chi connectivity index (χ4n) is 3.58. The number of fused-ring (bicyclic) bond motifs is 2. The van der Waals surface area contributed by atoms with Crippen LogP contribution in [0.2, 0.25) is 0 Å². The van der Waals surface area contributed by atoms with E-state index in [4.69, 9.17) is 0 Å². The number of aromatic nitrogens is 3. The van der Waals surface area contributed by atoms with Gasteiger partial charge in [0.15, 0.2) is 0 Å². The molecule has 0 atom stereocenters. The molecular formula is C30H37N3S2. The summed E-state index contributed by atoms with van der Waals surface area (Å²) in [6.45, 7) is 17.3. The topological polar surface area (TPSA) is 38.7 Å². The van der Waals surface area contributed by atoms with Gasteiger partial charge in [-0.05, 0) is 84.7 Å². The van der Waals surface area contributed by atoms with Gasteiger partial charge in [0.2, 0.25) is 0 Å². The van der Waals surface area contributed by atoms with Gasteiger partial charge in [-0.25, -0.2) is 9.97 Å². The lowest BCUT2D eigenvalue weighted by atomic mass is 10.0. The second-order valence-electron chi connectivity index (χ2n) is 9.73. The molecule has 0 fully saturated rings. The minimum absolute atomic E-state index is 0.589. The molecule has 3 nitrogen and oxygen atoms in total. The number of aryl methyl sites for hydroxylation is 2. The van der Waals surface area contributed by atoms with E-state index in [-0.39, 0.29) is 0 Å². The Kier molecular flexibility index (Phi) is 9.53. The van der Waals surface area contributed by atoms with Crippen molar-refractivity contribution in [2.75, 3.05) is 0 Å². The molecule has 0 radical (unpaired) electrons. The van der Waals surface area contributed by atoms with Gasteiger partial charge in [-0.3, -0.25) is 4.98 Å². The molecule has 0 unspecified atom stereocenters. The van der Waals surface area contributed by atoms with E-state index in [2.05, 4.69) is 112 Å². The van der Waals surface area contributed by atoms with Gasteiger partial charge in [-0.1, -0.05) is 53.7 Å². The number of hydrogen-bond donors (Lipinski definition) is 0. The highest BCUT2D eigenvalue weighted by atomic mass is 32.1. The quantitative estimate of drug-likeness (QED) is 0.246. The highest BCUT2D eigenvalue weighted by molar-refractivity contribution is 7.18. The first kappa shape index (κ1) is 27.0. The van der Waals surface area contributed by atoms with Crippen LogP contribution in [0.3, 0.4) is 0 Å². The number of nitrogens with zero attached hydrogens (tertiary/aromatic N) is 3. The van der Waals surface area contributed by atoms with Crippen molar-refractivity contribution in [3.05, 3.63) is 87.6 Å². The SMILES string of the molecule is CC(C)c1ccc2scnc2c1.Cc1cc(C(C)C)ccn1.Cc1nc2cc(C(C)C)ccc2s1. The van der Waals surface area contributed by atoms with Gasteiger partial charge in [0.1, 0.15) is 0 Å². The van der Waals surface area contributed by atoms with Crippen LogP contribution in [0, 0.1) is 13.8 Å². The molecule has 0 amide bonds. The summed E-state index contributed by atoms with van der Waals surface area (Å²) in [5.74, 6) is 1.80. The Hall–Kier alpha value is -2.63. The van der Waals surface area contributed by atoms with Gasteiger partial charge >= 0.3 is 0 Å². The fraction of sp³-hybridized carbons (Fsp3) is 0.367. The number of pyridine rings is 1. The zero-order valence-corrected chi connectivity index (χ0v) is 23.8. The third-order valence-corrected chi connectivity index (χ3v) is 7.56. The Bertz CT molecular complexity index is 1360. The smallest absolute Gasteiger partial charge is 0.0907 e. The minimum atomic E-state index is 0.589. The Morgan fingerprint density at radius 1 is 0.629 bits per heavy atom. The van der Waals surface area contributed by atoms with Gasteiger partial charge in [0, 0.05) is 11.9 Å². The molecule has 0 N–H and O–H groups in total. The highest BCUT2D eigenvalue weighted by Crippen LogP contribution is 2.25. The first-order valence-corrected chi connectivity index (χ1v) is 14.0. The lowest BCUT2D eigenvalue weighted by Crippen LogP contribution is -1.88. The summed E-state index contributed by atoms with van der Waals surface area (Å²) in [5.41, 5.74) is 9.39. The van der Waals surface area contributed by atoms with E-state index in [0.717, 1.165) is 21.7 Å². The molecule has 2 aromatic carbocycles. The first-order valence-electron chi connectivity index (χ1n) is 12.3. The van der Waals surface area contributed by atoms with Gasteiger partial charge in [0.25, 0.3) is 0 Å². The average molecular weight is 504 g/mol. The predicted octanol–water partition coefficient (Wildman–Crippen LogP) is 9.66. The summed E-state index contributed by atoms with van der Waals surface area (Å²) in [6, 6.07) is 17.3. The van der Waals surface area contributed by atoms with Gasteiger partial charge in [0.05, 0.1) is 31.0 Å². The zero-order valence-electron chi connectivity index (χ0n) is 22.2. The summed E-state index contributed by atoms with van der Waals surface area (Å²) in [6.07, 6.45) is 1.87. The molecule has 5 heteroatoms. The van der Waals surface area contributed by atoms with Crippen LogP contribution < -0.4 is 0 Å². The van der Waals surface area contributed by atoms with Crippen molar-refractivity contribution in [2.45, 2.75) is 73.1 Å². The minimum Gasteiger partial charge on any atom is -0.262 e. The summed E-state index contributed by atoms with van der Waals surface area (Å²) in [4.78, 5) is 12.9. The monoisotopic (exact) mass is 503 g/mol. The second kappa shape index (κ2) is 12.4. The number of benzene rings is 2. The van der Waals surface area contributed by atoms with Crippen molar-refractivity contribution in [1.29, 1.82) is 0 Å². The van der Waals surface area contributed by atoms with Gasteiger partial charge in [-0.2, -0.15) is 0 Å². The zero-order chi connectivity index (χ0) is 25.5. The largest absolute Gasteiger partial charge is 0.262 e. The standard InChI is InChI=1S/C11H13NS.C10H11NS.C9H13N/c1-7(2)9-4-5-11-10(6-9)12-8(3)13-11;1-7(2)8-3-4-10-9(5-8)11-6-12-10;1-7(2)9-4-5-10-8(3)6-9/h4-7H,1-3H3;3-7H,1-2H3;4-7H,1-3H3. The van der Waals surface area contributed by atoms with Crippen LogP contribution >= 0.6 is 22.7 Å². The Morgan fingerprint density at radius 3 is 1.77 bits per heavy atom. The number of hydrogen-bond acceptors (Lipinski definition) is 5. The Morgan fingerprint density at radius 2 is 1.20 bits per heavy atom. The van der Waals surface area contributed by atoms with Crippen LogP contribution in [0.4, 0.5) is 0 Å². The van der Waals surface area contributed by atoms with Crippen molar-refractivity contribution in [1.82, 2.24) is 15.0 Å². The molecule has 0 saturated carbocycles. The summed E-state index contributed by atoms with van der Waals surface area (Å²) < 4.78 is 2.57. The van der Waals surface area contributed by atoms with Crippen LogP contribution in [0.25, 0.3) is 20.4 Å². The lowest BCUT2D eigenvalue weighted by Gasteiger charge is -2.03. The van der Waals surface area contributed by atoms with Crippen LogP contribution in [-0.4, -0.2) is 15.0 Å². The van der Waals surface area contributed by atoms with E-state index in [0.29, 0.717) is 17.8 Å². The Balaban J connectivity index is 0.000000148. The molecule has 5 rings (SSSR count). The third-order valence-electron chi connectivity index (χ3n) is 5.79. The van der Waals surface area contributed by atoms with E-state index < -0.39 is 0 Å². The van der Waals surface area contributed by atoms with Crippen molar-refractivity contribution < 1.29 is 0 Å². The summed E-state index contributed by atoms with van der Waals surface area (Å²) in [5, 5.41) is 1.15. The first-order chi connectivity index (χ1) is 16.6. The third kappa shape index (κ3) is 7.68. The highest BCUT2D eigenvalue weighted by Gasteiger charge is 2.04. The second-order valence-corrected chi connectivity index (χ2v) is 11.9. The molecule has 184 valence electrons. The normalized spacial score (nSPS) is 11.1. The van der Waals surface area contributed by atoms with E-state index in [1.165, 1.54) is 26.1 Å².